The van der Waals surface area contributed by atoms with Crippen molar-refractivity contribution in [1.82, 2.24) is 4.90 Å². The summed E-state index contributed by atoms with van der Waals surface area (Å²) < 4.78 is 5.26. The Hall–Kier alpha value is -1.35. The second-order valence-electron chi connectivity index (χ2n) is 5.30. The first kappa shape index (κ1) is 14.1. The minimum atomic E-state index is 0.159. The quantitative estimate of drug-likeness (QED) is 0.674. The van der Waals surface area contributed by atoms with E-state index in [2.05, 4.69) is 11.8 Å². The molecule has 0 spiro atoms. The molecule has 104 valence electrons. The molecule has 1 saturated carbocycles. The van der Waals surface area contributed by atoms with E-state index in [4.69, 9.17) is 4.74 Å². The van der Waals surface area contributed by atoms with E-state index in [0.29, 0.717) is 17.9 Å². The van der Waals surface area contributed by atoms with Gasteiger partial charge in [0.2, 0.25) is 0 Å². The fraction of sp³-hybridized carbons (Fsp3) is 0.562. The molecule has 19 heavy (non-hydrogen) atoms. The number of carbonyl (C=O) groups excluding carboxylic acids is 1. The van der Waals surface area contributed by atoms with E-state index in [9.17, 15) is 4.79 Å². The maximum absolute atomic E-state index is 12.4. The van der Waals surface area contributed by atoms with Crippen molar-refractivity contribution in [2.24, 2.45) is 5.92 Å². The minimum Gasteiger partial charge on any atom is -0.496 e. The average molecular weight is 261 g/mol. The van der Waals surface area contributed by atoms with Crippen molar-refractivity contribution in [1.29, 1.82) is 0 Å². The third-order valence-corrected chi connectivity index (χ3v) is 3.53. The van der Waals surface area contributed by atoms with Gasteiger partial charge in [0.15, 0.2) is 5.78 Å². The highest BCUT2D eigenvalue weighted by Gasteiger charge is 2.25. The van der Waals surface area contributed by atoms with Crippen molar-refractivity contribution < 1.29 is 9.53 Å². The van der Waals surface area contributed by atoms with Crippen LogP contribution in [0.25, 0.3) is 0 Å². The van der Waals surface area contributed by atoms with Gasteiger partial charge in [-0.3, -0.25) is 9.69 Å². The van der Waals surface area contributed by atoms with Gasteiger partial charge in [-0.1, -0.05) is 19.1 Å². The number of ether oxygens (including phenoxy) is 1. The molecule has 0 amide bonds. The van der Waals surface area contributed by atoms with Gasteiger partial charge in [-0.2, -0.15) is 0 Å². The first-order chi connectivity index (χ1) is 9.24. The first-order valence-corrected chi connectivity index (χ1v) is 7.13. The van der Waals surface area contributed by atoms with E-state index < -0.39 is 0 Å². The Morgan fingerprint density at radius 2 is 2.11 bits per heavy atom. The van der Waals surface area contributed by atoms with Crippen molar-refractivity contribution in [2.45, 2.75) is 26.2 Å². The van der Waals surface area contributed by atoms with Crippen LogP contribution in [0.3, 0.4) is 0 Å². The predicted octanol–water partition coefficient (Wildman–Crippen LogP) is 3.00. The minimum absolute atomic E-state index is 0.159. The molecule has 1 fully saturated rings. The number of hydrogen-bond donors (Lipinski definition) is 0. The van der Waals surface area contributed by atoms with Gasteiger partial charge < -0.3 is 4.74 Å². The Balaban J connectivity index is 2.00. The molecule has 1 aliphatic carbocycles. The zero-order chi connectivity index (χ0) is 13.7. The normalized spacial score (nSPS) is 14.7. The maximum Gasteiger partial charge on any atom is 0.180 e. The van der Waals surface area contributed by atoms with E-state index in [0.717, 1.165) is 25.4 Å². The van der Waals surface area contributed by atoms with Crippen LogP contribution in [0, 0.1) is 5.92 Å². The number of methoxy groups -OCH3 is 1. The number of hydrogen-bond acceptors (Lipinski definition) is 3. The van der Waals surface area contributed by atoms with Crippen LogP contribution in [0.1, 0.15) is 36.5 Å². The molecule has 0 unspecified atom stereocenters. The molecule has 0 N–H and O–H groups in total. The van der Waals surface area contributed by atoms with Crippen molar-refractivity contribution in [3.8, 4) is 5.75 Å². The molecule has 0 aliphatic heterocycles. The monoisotopic (exact) mass is 261 g/mol. The summed E-state index contributed by atoms with van der Waals surface area (Å²) in [6.45, 7) is 4.73. The number of ketones is 1. The van der Waals surface area contributed by atoms with Crippen molar-refractivity contribution in [3.05, 3.63) is 29.8 Å². The van der Waals surface area contributed by atoms with Crippen LogP contribution in [0.5, 0.6) is 5.75 Å². The molecule has 1 aromatic rings. The molecule has 1 aromatic carbocycles. The zero-order valence-electron chi connectivity index (χ0n) is 11.9. The maximum atomic E-state index is 12.4. The van der Waals surface area contributed by atoms with Gasteiger partial charge in [-0.05, 0) is 43.9 Å². The van der Waals surface area contributed by atoms with Crippen molar-refractivity contribution in [3.63, 3.8) is 0 Å². The summed E-state index contributed by atoms with van der Waals surface area (Å²) in [7, 11) is 1.61. The molecule has 2 rings (SSSR count). The fourth-order valence-electron chi connectivity index (χ4n) is 2.38. The highest BCUT2D eigenvalue weighted by molar-refractivity contribution is 6.00. The molecule has 0 radical (unpaired) electrons. The first-order valence-electron chi connectivity index (χ1n) is 7.13. The lowest BCUT2D eigenvalue weighted by molar-refractivity contribution is 0.0924. The van der Waals surface area contributed by atoms with Gasteiger partial charge in [0, 0.05) is 6.54 Å². The number of carbonyl (C=O) groups is 1. The average Bonchev–Trinajstić information content (AvgIpc) is 3.22. The molecule has 0 heterocycles. The van der Waals surface area contributed by atoms with Gasteiger partial charge in [-0.15, -0.1) is 0 Å². The van der Waals surface area contributed by atoms with Gasteiger partial charge in [0.25, 0.3) is 0 Å². The van der Waals surface area contributed by atoms with Crippen LogP contribution < -0.4 is 4.74 Å². The van der Waals surface area contributed by atoms with Crippen LogP contribution in [0.4, 0.5) is 0 Å². The Morgan fingerprint density at radius 3 is 2.74 bits per heavy atom. The number of benzene rings is 1. The Bertz CT molecular complexity index is 427. The molecular weight excluding hydrogens is 238 g/mol. The van der Waals surface area contributed by atoms with Gasteiger partial charge in [0.1, 0.15) is 5.75 Å². The summed E-state index contributed by atoms with van der Waals surface area (Å²) in [5.74, 6) is 1.65. The molecule has 3 heteroatoms. The lowest BCUT2D eigenvalue weighted by atomic mass is 10.1. The highest BCUT2D eigenvalue weighted by atomic mass is 16.5. The van der Waals surface area contributed by atoms with Crippen LogP contribution in [-0.2, 0) is 0 Å². The molecule has 0 saturated heterocycles. The van der Waals surface area contributed by atoms with E-state index in [1.54, 1.807) is 7.11 Å². The van der Waals surface area contributed by atoms with Crippen LogP contribution >= 0.6 is 0 Å². The topological polar surface area (TPSA) is 29.5 Å². The standard InChI is InChI=1S/C16H23NO2/c1-3-10-17(11-13-8-9-13)12-15(18)14-6-4-5-7-16(14)19-2/h4-7,13H,3,8-12H2,1-2H3. The predicted molar refractivity (Wildman–Crippen MR) is 76.8 cm³/mol. The summed E-state index contributed by atoms with van der Waals surface area (Å²) in [6.07, 6.45) is 3.73. The van der Waals surface area contributed by atoms with E-state index >= 15 is 0 Å². The largest absolute Gasteiger partial charge is 0.496 e. The zero-order valence-corrected chi connectivity index (χ0v) is 11.9. The van der Waals surface area contributed by atoms with Crippen molar-refractivity contribution in [2.75, 3.05) is 26.7 Å². The lowest BCUT2D eigenvalue weighted by Crippen LogP contribution is -2.32. The van der Waals surface area contributed by atoms with Gasteiger partial charge in [-0.25, -0.2) is 0 Å². The van der Waals surface area contributed by atoms with Crippen LogP contribution in [-0.4, -0.2) is 37.4 Å². The van der Waals surface area contributed by atoms with E-state index in [-0.39, 0.29) is 5.78 Å². The summed E-state index contributed by atoms with van der Waals surface area (Å²) >= 11 is 0. The molecule has 1 aliphatic rings. The summed E-state index contributed by atoms with van der Waals surface area (Å²) in [5.41, 5.74) is 0.696. The highest BCUT2D eigenvalue weighted by Crippen LogP contribution is 2.30. The summed E-state index contributed by atoms with van der Waals surface area (Å²) in [6, 6.07) is 7.48. The van der Waals surface area contributed by atoms with E-state index in [1.807, 2.05) is 24.3 Å². The molecule has 0 atom stereocenters. The van der Waals surface area contributed by atoms with Crippen LogP contribution in [0.2, 0.25) is 0 Å². The smallest absolute Gasteiger partial charge is 0.180 e. The third-order valence-electron chi connectivity index (χ3n) is 3.53. The molecule has 3 nitrogen and oxygen atoms in total. The second kappa shape index (κ2) is 6.71. The van der Waals surface area contributed by atoms with E-state index in [1.165, 1.54) is 12.8 Å². The summed E-state index contributed by atoms with van der Waals surface area (Å²) in [5, 5.41) is 0. The molecule has 0 aromatic heterocycles. The Labute approximate surface area is 115 Å². The molecule has 0 bridgehead atoms. The third kappa shape index (κ3) is 4.06. The molecular formula is C16H23NO2. The SMILES string of the molecule is CCCN(CC(=O)c1ccccc1OC)CC1CC1. The number of nitrogens with zero attached hydrogens (tertiary/aromatic N) is 1. The van der Waals surface area contributed by atoms with Gasteiger partial charge >= 0.3 is 0 Å². The second-order valence-corrected chi connectivity index (χ2v) is 5.30. The van der Waals surface area contributed by atoms with Crippen molar-refractivity contribution >= 4 is 5.78 Å². The lowest BCUT2D eigenvalue weighted by Gasteiger charge is -2.21. The fourth-order valence-corrected chi connectivity index (χ4v) is 2.38. The number of rotatable bonds is 8. The Morgan fingerprint density at radius 1 is 1.37 bits per heavy atom. The number of para-hydroxylation sites is 1. The van der Waals surface area contributed by atoms with Gasteiger partial charge in [0.05, 0.1) is 19.2 Å². The Kier molecular flexibility index (Phi) is 4.97. The number of Topliss-reactive ketones (excluding diaryl/α,β-unsaturated/α-hetero) is 1. The van der Waals surface area contributed by atoms with Crippen LogP contribution in [0.15, 0.2) is 24.3 Å². The summed E-state index contributed by atoms with van der Waals surface area (Å²) in [4.78, 5) is 14.7.